The summed E-state index contributed by atoms with van der Waals surface area (Å²) in [5.74, 6) is 1.39. The van der Waals surface area contributed by atoms with E-state index in [1.54, 1.807) is 0 Å². The van der Waals surface area contributed by atoms with Crippen molar-refractivity contribution in [2.45, 2.75) is 25.8 Å². The van der Waals surface area contributed by atoms with E-state index in [-0.39, 0.29) is 11.8 Å². The lowest BCUT2D eigenvalue weighted by Gasteiger charge is -2.30. The van der Waals surface area contributed by atoms with Gasteiger partial charge in [-0.2, -0.15) is 4.98 Å². The fourth-order valence-corrected chi connectivity index (χ4v) is 3.82. The molecule has 0 bridgehead atoms. The predicted octanol–water partition coefficient (Wildman–Crippen LogP) is 3.96. The van der Waals surface area contributed by atoms with Gasteiger partial charge in [0.2, 0.25) is 17.6 Å². The van der Waals surface area contributed by atoms with Gasteiger partial charge in [-0.25, -0.2) is 0 Å². The first-order chi connectivity index (χ1) is 14.7. The van der Waals surface area contributed by atoms with Crippen LogP contribution >= 0.6 is 11.6 Å². The molecule has 4 rings (SSSR count). The van der Waals surface area contributed by atoms with E-state index in [0.29, 0.717) is 29.8 Å². The number of piperidine rings is 1. The second-order valence-electron chi connectivity index (χ2n) is 7.60. The molecule has 1 saturated heterocycles. The highest BCUT2D eigenvalue weighted by molar-refractivity contribution is 6.30. The number of benzene rings is 2. The van der Waals surface area contributed by atoms with E-state index in [9.17, 15) is 4.79 Å². The first kappa shape index (κ1) is 20.6. The van der Waals surface area contributed by atoms with Crippen LogP contribution in [0.1, 0.15) is 24.3 Å². The normalized spacial score (nSPS) is 15.2. The minimum absolute atomic E-state index is 0.0735. The molecule has 3 aromatic rings. The average molecular weight is 425 g/mol. The Bertz CT molecular complexity index is 951. The molecule has 1 fully saturated rings. The first-order valence-corrected chi connectivity index (χ1v) is 10.7. The lowest BCUT2D eigenvalue weighted by atomic mass is 9.96. The maximum atomic E-state index is 12.5. The zero-order valence-corrected chi connectivity index (χ0v) is 17.5. The zero-order valence-electron chi connectivity index (χ0n) is 16.8. The number of halogens is 1. The molecule has 156 valence electrons. The van der Waals surface area contributed by atoms with Gasteiger partial charge in [-0.1, -0.05) is 47.1 Å². The largest absolute Gasteiger partial charge is 0.356 e. The van der Waals surface area contributed by atoms with Gasteiger partial charge >= 0.3 is 0 Å². The van der Waals surface area contributed by atoms with E-state index in [4.69, 9.17) is 16.1 Å². The summed E-state index contributed by atoms with van der Waals surface area (Å²) in [7, 11) is 0. The van der Waals surface area contributed by atoms with Gasteiger partial charge in [0.1, 0.15) is 0 Å². The molecular weight excluding hydrogens is 400 g/mol. The van der Waals surface area contributed by atoms with Crippen molar-refractivity contribution >= 4 is 17.5 Å². The van der Waals surface area contributed by atoms with E-state index in [0.717, 1.165) is 37.9 Å². The smallest absolute Gasteiger partial charge is 0.241 e. The summed E-state index contributed by atoms with van der Waals surface area (Å²) in [6.07, 6.45) is 2.54. The summed E-state index contributed by atoms with van der Waals surface area (Å²) >= 11 is 5.92. The third-order valence-electron chi connectivity index (χ3n) is 5.44. The summed E-state index contributed by atoms with van der Waals surface area (Å²) in [4.78, 5) is 19.2. The minimum atomic E-state index is 0.0735. The molecule has 7 heteroatoms. The second kappa shape index (κ2) is 9.87. The highest BCUT2D eigenvalue weighted by atomic mass is 35.5. The molecule has 0 spiro atoms. The molecule has 1 amide bonds. The van der Waals surface area contributed by atoms with Crippen molar-refractivity contribution in [3.63, 3.8) is 0 Å². The Labute approximate surface area is 181 Å². The quantitative estimate of drug-likeness (QED) is 0.621. The average Bonchev–Trinajstić information content (AvgIpc) is 3.24. The summed E-state index contributed by atoms with van der Waals surface area (Å²) in [5.41, 5.74) is 2.12. The monoisotopic (exact) mass is 424 g/mol. The van der Waals surface area contributed by atoms with Crippen LogP contribution in [0, 0.1) is 5.92 Å². The first-order valence-electron chi connectivity index (χ1n) is 10.3. The van der Waals surface area contributed by atoms with Crippen molar-refractivity contribution in [1.82, 2.24) is 20.4 Å². The lowest BCUT2D eigenvalue weighted by Crippen LogP contribution is -2.40. The molecule has 2 aromatic carbocycles. The molecule has 1 N–H and O–H groups in total. The van der Waals surface area contributed by atoms with Gasteiger partial charge in [-0.3, -0.25) is 9.69 Å². The van der Waals surface area contributed by atoms with Crippen LogP contribution in [0.5, 0.6) is 0 Å². The summed E-state index contributed by atoms with van der Waals surface area (Å²) in [6.45, 7) is 2.96. The van der Waals surface area contributed by atoms with Crippen LogP contribution in [-0.4, -0.2) is 40.6 Å². The molecular formula is C23H25ClN4O2. The Morgan fingerprint density at radius 1 is 1.10 bits per heavy atom. The molecule has 0 aliphatic carbocycles. The number of nitrogens with zero attached hydrogens (tertiary/aromatic N) is 3. The summed E-state index contributed by atoms with van der Waals surface area (Å²) in [5, 5.41) is 7.82. The SMILES string of the molecule is O=C(NCCc1ccccc1)C1CCN(Cc2nc(-c3ccc(Cl)cc3)no2)CC1. The minimum Gasteiger partial charge on any atom is -0.356 e. The van der Waals surface area contributed by atoms with Crippen LogP contribution < -0.4 is 5.32 Å². The third kappa shape index (κ3) is 5.46. The Balaban J connectivity index is 1.21. The van der Waals surface area contributed by atoms with Crippen LogP contribution in [0.2, 0.25) is 5.02 Å². The van der Waals surface area contributed by atoms with Crippen LogP contribution in [0.4, 0.5) is 0 Å². The highest BCUT2D eigenvalue weighted by Gasteiger charge is 2.25. The Kier molecular flexibility index (Phi) is 6.77. The summed E-state index contributed by atoms with van der Waals surface area (Å²) in [6, 6.07) is 17.6. The van der Waals surface area contributed by atoms with Crippen molar-refractivity contribution < 1.29 is 9.32 Å². The molecule has 0 radical (unpaired) electrons. The Morgan fingerprint density at radius 2 is 1.83 bits per heavy atom. The van der Waals surface area contributed by atoms with Crippen molar-refractivity contribution in [3.8, 4) is 11.4 Å². The van der Waals surface area contributed by atoms with Crippen LogP contribution in [0.15, 0.2) is 59.1 Å². The van der Waals surface area contributed by atoms with Crippen LogP contribution in [0.25, 0.3) is 11.4 Å². The van der Waals surface area contributed by atoms with E-state index in [1.807, 2.05) is 42.5 Å². The lowest BCUT2D eigenvalue weighted by molar-refractivity contribution is -0.126. The van der Waals surface area contributed by atoms with E-state index >= 15 is 0 Å². The zero-order chi connectivity index (χ0) is 20.8. The number of carbonyl (C=O) groups excluding carboxylic acids is 1. The Morgan fingerprint density at radius 3 is 2.57 bits per heavy atom. The number of carbonyl (C=O) groups is 1. The number of rotatable bonds is 7. The van der Waals surface area contributed by atoms with Crippen LogP contribution in [0.3, 0.4) is 0 Å². The number of hydrogen-bond acceptors (Lipinski definition) is 5. The molecule has 6 nitrogen and oxygen atoms in total. The molecule has 0 unspecified atom stereocenters. The van der Waals surface area contributed by atoms with E-state index in [2.05, 4.69) is 32.5 Å². The van der Waals surface area contributed by atoms with Crippen LogP contribution in [-0.2, 0) is 17.8 Å². The second-order valence-corrected chi connectivity index (χ2v) is 8.03. The molecule has 1 aliphatic rings. The van der Waals surface area contributed by atoms with Gasteiger partial charge in [0, 0.05) is 23.0 Å². The van der Waals surface area contributed by atoms with E-state index in [1.165, 1.54) is 5.56 Å². The van der Waals surface area contributed by atoms with Gasteiger partial charge in [0.05, 0.1) is 6.54 Å². The van der Waals surface area contributed by atoms with Crippen molar-refractivity contribution in [2.24, 2.45) is 5.92 Å². The van der Waals surface area contributed by atoms with Gasteiger partial charge in [0.25, 0.3) is 0 Å². The topological polar surface area (TPSA) is 71.3 Å². The fraction of sp³-hybridized carbons (Fsp3) is 0.348. The van der Waals surface area contributed by atoms with Gasteiger partial charge < -0.3 is 9.84 Å². The highest BCUT2D eigenvalue weighted by Crippen LogP contribution is 2.21. The molecule has 1 aliphatic heterocycles. The number of likely N-dealkylation sites (tertiary alicyclic amines) is 1. The maximum absolute atomic E-state index is 12.5. The number of hydrogen-bond donors (Lipinski definition) is 1. The van der Waals surface area contributed by atoms with Gasteiger partial charge in [0.15, 0.2) is 0 Å². The van der Waals surface area contributed by atoms with Gasteiger partial charge in [-0.15, -0.1) is 0 Å². The standard InChI is InChI=1S/C23H25ClN4O2/c24-20-8-6-18(7-9-20)22-26-21(30-27-22)16-28-14-11-19(12-15-28)23(29)25-13-10-17-4-2-1-3-5-17/h1-9,19H,10-16H2,(H,25,29). The maximum Gasteiger partial charge on any atom is 0.241 e. The fourth-order valence-electron chi connectivity index (χ4n) is 3.70. The molecule has 2 heterocycles. The van der Waals surface area contributed by atoms with Gasteiger partial charge in [-0.05, 0) is 62.2 Å². The number of aromatic nitrogens is 2. The van der Waals surface area contributed by atoms with Crippen molar-refractivity contribution in [1.29, 1.82) is 0 Å². The molecule has 0 atom stereocenters. The van der Waals surface area contributed by atoms with E-state index < -0.39 is 0 Å². The third-order valence-corrected chi connectivity index (χ3v) is 5.70. The summed E-state index contributed by atoms with van der Waals surface area (Å²) < 4.78 is 5.41. The molecule has 0 saturated carbocycles. The predicted molar refractivity (Wildman–Crippen MR) is 116 cm³/mol. The van der Waals surface area contributed by atoms with Crippen molar-refractivity contribution in [3.05, 3.63) is 71.1 Å². The van der Waals surface area contributed by atoms with Crippen molar-refractivity contribution in [2.75, 3.05) is 19.6 Å². The molecule has 30 heavy (non-hydrogen) atoms. The number of amides is 1. The Hall–Kier alpha value is -2.70. The number of nitrogens with one attached hydrogen (secondary N) is 1. The molecule has 1 aromatic heterocycles.